The lowest BCUT2D eigenvalue weighted by atomic mass is 10.2. The average molecular weight is 297 g/mol. The maximum absolute atomic E-state index is 10.2. The van der Waals surface area contributed by atoms with Crippen molar-refractivity contribution >= 4 is 12.2 Å². The van der Waals surface area contributed by atoms with E-state index in [1.54, 1.807) is 28.8 Å². The number of hydrogen-bond acceptors (Lipinski definition) is 4. The Morgan fingerprint density at radius 1 is 1.33 bits per heavy atom. The molecular weight excluding hydrogens is 286 g/mol. The lowest BCUT2D eigenvalue weighted by Crippen LogP contribution is -2.01. The number of aromatic amines is 1. The molecule has 2 N–H and O–H groups in total. The second-order valence-electron chi connectivity index (χ2n) is 4.22. The molecular formula is C15H11N3O2S. The molecule has 3 aromatic rings. The Labute approximate surface area is 126 Å². The predicted octanol–water partition coefficient (Wildman–Crippen LogP) is 2.91. The normalized spacial score (nSPS) is 10.1. The maximum Gasteiger partial charge on any atom is 0.200 e. The number of nitrogens with zero attached hydrogens (tertiary/aromatic N) is 2. The lowest BCUT2D eigenvalue weighted by molar-refractivity contribution is 0.404. The Morgan fingerprint density at radius 3 is 2.90 bits per heavy atom. The molecule has 3 rings (SSSR count). The number of aromatic nitrogens is 3. The summed E-state index contributed by atoms with van der Waals surface area (Å²) in [5.41, 5.74) is 1.14. The van der Waals surface area contributed by atoms with Crippen LogP contribution in [0.1, 0.15) is 0 Å². The second-order valence-corrected chi connectivity index (χ2v) is 4.61. The van der Waals surface area contributed by atoms with Crippen LogP contribution in [0.15, 0.2) is 36.4 Å². The van der Waals surface area contributed by atoms with Gasteiger partial charge in [0.2, 0.25) is 0 Å². The number of ether oxygens (including phenoxy) is 1. The summed E-state index contributed by atoms with van der Waals surface area (Å²) >= 11 is 5.28. The van der Waals surface area contributed by atoms with E-state index in [2.05, 4.69) is 22.3 Å². The molecule has 0 unspecified atom stereocenters. The molecule has 1 heterocycles. The standard InChI is InChI=1S/C15H11N3O2S/c1-20-12-9-5-8-11(19)13(12)18-14(16-17-15(18)21)10-6-3-2-4-7-10/h2-3,5-6,8-9,19H,1H3,(H,17,21). The molecule has 2 aromatic carbocycles. The van der Waals surface area contributed by atoms with Gasteiger partial charge in [0.25, 0.3) is 0 Å². The number of phenolic OH excluding ortho intramolecular Hbond substituents is 1. The first-order chi connectivity index (χ1) is 10.2. The van der Waals surface area contributed by atoms with E-state index < -0.39 is 0 Å². The highest BCUT2D eigenvalue weighted by atomic mass is 32.1. The zero-order chi connectivity index (χ0) is 14.8. The fraction of sp³-hybridized carbons (Fsp3) is 0.0667. The van der Waals surface area contributed by atoms with E-state index in [-0.39, 0.29) is 5.75 Å². The number of rotatable bonds is 3. The minimum absolute atomic E-state index is 0.0491. The highest BCUT2D eigenvalue weighted by Gasteiger charge is 2.17. The van der Waals surface area contributed by atoms with Crippen molar-refractivity contribution in [2.45, 2.75) is 0 Å². The summed E-state index contributed by atoms with van der Waals surface area (Å²) in [5, 5.41) is 17.1. The molecule has 0 saturated carbocycles. The van der Waals surface area contributed by atoms with E-state index in [1.165, 1.54) is 7.11 Å². The maximum atomic E-state index is 10.2. The highest BCUT2D eigenvalue weighted by molar-refractivity contribution is 7.71. The number of benzene rings is 1. The third-order valence-corrected chi connectivity index (χ3v) is 3.26. The molecule has 0 bridgehead atoms. The van der Waals surface area contributed by atoms with Gasteiger partial charge in [0.15, 0.2) is 10.6 Å². The molecule has 104 valence electrons. The molecule has 0 atom stereocenters. The summed E-state index contributed by atoms with van der Waals surface area (Å²) in [6, 6.07) is 16.3. The molecule has 0 fully saturated rings. The molecule has 0 saturated heterocycles. The minimum Gasteiger partial charge on any atom is -0.506 e. The van der Waals surface area contributed by atoms with Crippen molar-refractivity contribution in [3.63, 3.8) is 0 Å². The molecule has 21 heavy (non-hydrogen) atoms. The topological polar surface area (TPSA) is 63.1 Å². The van der Waals surface area contributed by atoms with E-state index in [0.29, 0.717) is 27.6 Å². The second kappa shape index (κ2) is 5.31. The predicted molar refractivity (Wildman–Crippen MR) is 80.1 cm³/mol. The van der Waals surface area contributed by atoms with Gasteiger partial charge in [-0.1, -0.05) is 24.3 Å². The van der Waals surface area contributed by atoms with Crippen LogP contribution in [0.3, 0.4) is 0 Å². The summed E-state index contributed by atoms with van der Waals surface area (Å²) in [5.74, 6) is 1.07. The molecule has 0 amide bonds. The average Bonchev–Trinajstić information content (AvgIpc) is 2.89. The molecule has 1 aromatic heterocycles. The quantitative estimate of drug-likeness (QED) is 0.730. The van der Waals surface area contributed by atoms with Crippen LogP contribution in [-0.4, -0.2) is 27.0 Å². The van der Waals surface area contributed by atoms with Crippen LogP contribution in [0.25, 0.3) is 17.1 Å². The molecule has 0 aliphatic heterocycles. The van der Waals surface area contributed by atoms with Crippen molar-refractivity contribution in [2.75, 3.05) is 7.11 Å². The van der Waals surface area contributed by atoms with Gasteiger partial charge in [-0.3, -0.25) is 9.67 Å². The lowest BCUT2D eigenvalue weighted by Gasteiger charge is -2.12. The Morgan fingerprint density at radius 2 is 2.19 bits per heavy atom. The number of para-hydroxylation sites is 1. The first kappa shape index (κ1) is 13.2. The summed E-state index contributed by atoms with van der Waals surface area (Å²) in [6.45, 7) is 0. The van der Waals surface area contributed by atoms with Crippen LogP contribution >= 0.6 is 12.2 Å². The molecule has 6 heteroatoms. The fourth-order valence-corrected chi connectivity index (χ4v) is 2.29. The Balaban J connectivity index is 2.30. The number of phenols is 1. The van der Waals surface area contributed by atoms with Crippen molar-refractivity contribution < 1.29 is 9.84 Å². The number of methoxy groups -OCH3 is 1. The monoisotopic (exact) mass is 297 g/mol. The molecule has 0 aliphatic carbocycles. The molecule has 0 radical (unpaired) electrons. The van der Waals surface area contributed by atoms with E-state index in [9.17, 15) is 5.11 Å². The van der Waals surface area contributed by atoms with Gasteiger partial charge in [-0.05, 0) is 36.5 Å². The van der Waals surface area contributed by atoms with Crippen LogP contribution in [0.4, 0.5) is 0 Å². The number of nitrogens with one attached hydrogen (secondary N) is 1. The van der Waals surface area contributed by atoms with Crippen LogP contribution in [-0.2, 0) is 0 Å². The fourth-order valence-electron chi connectivity index (χ4n) is 2.07. The van der Waals surface area contributed by atoms with Crippen molar-refractivity contribution in [3.8, 4) is 28.6 Å². The summed E-state index contributed by atoms with van der Waals surface area (Å²) in [6.07, 6.45) is 0. The summed E-state index contributed by atoms with van der Waals surface area (Å²) in [4.78, 5) is 0. The van der Waals surface area contributed by atoms with Gasteiger partial charge in [-0.15, -0.1) is 0 Å². The number of hydrogen-bond donors (Lipinski definition) is 2. The van der Waals surface area contributed by atoms with Gasteiger partial charge >= 0.3 is 0 Å². The number of aromatic hydroxyl groups is 1. The van der Waals surface area contributed by atoms with E-state index in [4.69, 9.17) is 17.0 Å². The van der Waals surface area contributed by atoms with Crippen molar-refractivity contribution in [3.05, 3.63) is 53.3 Å². The largest absolute Gasteiger partial charge is 0.506 e. The Hall–Kier alpha value is -2.78. The van der Waals surface area contributed by atoms with E-state index >= 15 is 0 Å². The van der Waals surface area contributed by atoms with E-state index in [0.717, 1.165) is 0 Å². The summed E-state index contributed by atoms with van der Waals surface area (Å²) in [7, 11) is 1.53. The van der Waals surface area contributed by atoms with Gasteiger partial charge in [0.05, 0.1) is 12.7 Å². The third kappa shape index (κ3) is 2.24. The minimum atomic E-state index is 0.0491. The Bertz CT molecular complexity index is 824. The van der Waals surface area contributed by atoms with Gasteiger partial charge in [-0.2, -0.15) is 5.10 Å². The first-order valence-electron chi connectivity index (χ1n) is 6.15. The zero-order valence-corrected chi connectivity index (χ0v) is 11.9. The van der Waals surface area contributed by atoms with Gasteiger partial charge in [-0.25, -0.2) is 0 Å². The van der Waals surface area contributed by atoms with Crippen LogP contribution in [0.2, 0.25) is 0 Å². The molecule has 0 aliphatic rings. The summed E-state index contributed by atoms with van der Waals surface area (Å²) < 4.78 is 7.27. The van der Waals surface area contributed by atoms with Crippen molar-refractivity contribution in [1.29, 1.82) is 0 Å². The highest BCUT2D eigenvalue weighted by Crippen LogP contribution is 2.34. The van der Waals surface area contributed by atoms with Crippen molar-refractivity contribution in [1.82, 2.24) is 14.8 Å². The van der Waals surface area contributed by atoms with Crippen LogP contribution in [0.5, 0.6) is 11.5 Å². The van der Waals surface area contributed by atoms with E-state index in [1.807, 2.05) is 12.1 Å². The van der Waals surface area contributed by atoms with Gasteiger partial charge in [0, 0.05) is 0 Å². The zero-order valence-electron chi connectivity index (χ0n) is 11.1. The van der Waals surface area contributed by atoms with Crippen LogP contribution < -0.4 is 4.74 Å². The molecule has 0 spiro atoms. The SMILES string of the molecule is COc1cccc(O)c1-n1c(-c2c#cccc2)n[nH]c1=S. The Kier molecular flexibility index (Phi) is 3.34. The van der Waals surface area contributed by atoms with Crippen LogP contribution in [0, 0.1) is 16.9 Å². The first-order valence-corrected chi connectivity index (χ1v) is 6.55. The third-order valence-electron chi connectivity index (χ3n) is 2.98. The smallest absolute Gasteiger partial charge is 0.200 e. The number of H-pyrrole nitrogens is 1. The van der Waals surface area contributed by atoms with Gasteiger partial charge in [0.1, 0.15) is 17.2 Å². The van der Waals surface area contributed by atoms with Crippen molar-refractivity contribution in [2.24, 2.45) is 0 Å². The van der Waals surface area contributed by atoms with Gasteiger partial charge < -0.3 is 9.84 Å². The molecule has 5 nitrogen and oxygen atoms in total.